The molecule has 19 nitrogen and oxygen atoms in total. The van der Waals surface area contributed by atoms with Crippen LogP contribution in [0.25, 0.3) is 0 Å². The molecule has 4 saturated carbocycles. The Labute approximate surface area is 391 Å². The summed E-state index contributed by atoms with van der Waals surface area (Å²) in [5.41, 5.74) is -0.717. The van der Waals surface area contributed by atoms with Gasteiger partial charge >= 0.3 is 11.9 Å². The molecular weight excluding hydrogens is 881 g/mol. The molecule has 4 aliphatic carbocycles. The van der Waals surface area contributed by atoms with E-state index < -0.39 is 146 Å². The summed E-state index contributed by atoms with van der Waals surface area (Å²) in [5, 5.41) is 108. The third-order valence-corrected chi connectivity index (χ3v) is 18.8. The van der Waals surface area contributed by atoms with E-state index in [4.69, 9.17) is 33.2 Å². The molecule has 0 aromatic heterocycles. The lowest BCUT2D eigenvalue weighted by atomic mass is 9.33. The molecule has 0 bridgehead atoms. The van der Waals surface area contributed by atoms with Crippen LogP contribution in [0.2, 0.25) is 0 Å². The predicted octanol–water partition coefficient (Wildman–Crippen LogP) is -0.294. The smallest absolute Gasteiger partial charge is 0.314 e. The van der Waals surface area contributed by atoms with Gasteiger partial charge in [0.2, 0.25) is 6.29 Å². The lowest BCUT2D eigenvalue weighted by Gasteiger charge is -2.71. The van der Waals surface area contributed by atoms with Crippen molar-refractivity contribution in [3.8, 4) is 0 Å². The zero-order chi connectivity index (χ0) is 49.0. The van der Waals surface area contributed by atoms with Crippen molar-refractivity contribution in [1.82, 2.24) is 0 Å². The maximum atomic E-state index is 15.0. The third kappa shape index (κ3) is 7.98. The van der Waals surface area contributed by atoms with Gasteiger partial charge < -0.3 is 84.2 Å². The average molecular weight is 955 g/mol. The van der Waals surface area contributed by atoms with Crippen LogP contribution in [0.15, 0.2) is 24.3 Å². The third-order valence-electron chi connectivity index (χ3n) is 18.8. The molecule has 10 N–H and O–H groups in total. The van der Waals surface area contributed by atoms with E-state index in [1.807, 2.05) is 13.8 Å². The van der Waals surface area contributed by atoms with Crippen LogP contribution in [0.5, 0.6) is 0 Å². The first-order chi connectivity index (χ1) is 31.4. The number of rotatable bonds is 10. The monoisotopic (exact) mass is 954 g/mol. The molecule has 26 atom stereocenters. The highest BCUT2D eigenvalue weighted by atomic mass is 16.8. The van der Waals surface area contributed by atoms with Crippen molar-refractivity contribution in [2.24, 2.45) is 51.2 Å². The maximum absolute atomic E-state index is 15.0. The first kappa shape index (κ1) is 51.2. The molecule has 8 aliphatic rings. The van der Waals surface area contributed by atoms with Gasteiger partial charge in [-0.25, -0.2) is 0 Å². The Morgan fingerprint density at radius 1 is 0.731 bits per heavy atom. The van der Waals surface area contributed by atoms with Crippen LogP contribution >= 0.6 is 0 Å². The Kier molecular flexibility index (Phi) is 14.1. The topological polar surface area (TPSA) is 301 Å². The second-order valence-corrected chi connectivity index (χ2v) is 22.1. The summed E-state index contributed by atoms with van der Waals surface area (Å²) in [7, 11) is 0. The van der Waals surface area contributed by atoms with Crippen LogP contribution in [0, 0.1) is 51.2 Å². The number of ether oxygens (including phenoxy) is 7. The summed E-state index contributed by atoms with van der Waals surface area (Å²) in [5.74, 6) is -1.91. The van der Waals surface area contributed by atoms with Gasteiger partial charge in [-0.2, -0.15) is 0 Å². The van der Waals surface area contributed by atoms with E-state index in [-0.39, 0.29) is 41.4 Å². The number of hydrogen-bond acceptors (Lipinski definition) is 19. The van der Waals surface area contributed by atoms with Crippen LogP contribution in [0.1, 0.15) is 92.9 Å². The van der Waals surface area contributed by atoms with Crippen LogP contribution in [-0.4, -0.2) is 181 Å². The number of hydrogen-bond donors (Lipinski definition) is 10. The molecule has 4 saturated heterocycles. The summed E-state index contributed by atoms with van der Waals surface area (Å²) < 4.78 is 41.0. The fraction of sp³-hybridized carbons (Fsp3) is 0.875. The van der Waals surface area contributed by atoms with E-state index in [1.54, 1.807) is 0 Å². The van der Waals surface area contributed by atoms with Gasteiger partial charge in [-0.05, 0) is 100 Å². The number of aliphatic hydroxyl groups excluding tert-OH is 10. The van der Waals surface area contributed by atoms with Crippen molar-refractivity contribution >= 4 is 11.9 Å². The van der Waals surface area contributed by atoms with Gasteiger partial charge in [-0.1, -0.05) is 45.1 Å². The number of carbonyl (C=O) groups is 2. The number of esters is 2. The number of fused-ring (bicyclic) bond motifs is 4. The summed E-state index contributed by atoms with van der Waals surface area (Å²) in [6.07, 6.45) is -22.1. The van der Waals surface area contributed by atoms with Gasteiger partial charge in [0.1, 0.15) is 73.2 Å². The quantitative estimate of drug-likeness (QED) is 0.0994. The Morgan fingerprint density at radius 2 is 1.37 bits per heavy atom. The van der Waals surface area contributed by atoms with Gasteiger partial charge in [0.15, 0.2) is 12.6 Å². The molecule has 0 radical (unpaired) electrons. The fourth-order valence-corrected chi connectivity index (χ4v) is 15.0. The molecule has 8 rings (SSSR count). The first-order valence-corrected chi connectivity index (χ1v) is 24.1. The molecule has 4 aliphatic heterocycles. The van der Waals surface area contributed by atoms with Gasteiger partial charge in [-0.3, -0.25) is 9.59 Å². The summed E-state index contributed by atoms with van der Waals surface area (Å²) in [6.45, 7) is 19.3. The van der Waals surface area contributed by atoms with E-state index in [2.05, 4.69) is 33.9 Å². The summed E-state index contributed by atoms with van der Waals surface area (Å²) >= 11 is 0. The maximum Gasteiger partial charge on any atom is 0.314 e. The Balaban J connectivity index is 0.998. The van der Waals surface area contributed by atoms with Crippen molar-refractivity contribution in [1.29, 1.82) is 0 Å². The molecule has 0 aromatic carbocycles. The highest BCUT2D eigenvalue weighted by molar-refractivity contribution is 5.78. The van der Waals surface area contributed by atoms with Gasteiger partial charge in [0.05, 0.1) is 37.3 Å². The van der Waals surface area contributed by atoms with E-state index in [0.29, 0.717) is 32.1 Å². The van der Waals surface area contributed by atoms with Crippen LogP contribution in [0.3, 0.4) is 0 Å². The number of aliphatic hydroxyl groups is 10. The van der Waals surface area contributed by atoms with Crippen molar-refractivity contribution in [3.05, 3.63) is 24.3 Å². The van der Waals surface area contributed by atoms with E-state index in [1.165, 1.54) is 6.92 Å². The molecule has 0 unspecified atom stereocenters. The van der Waals surface area contributed by atoms with E-state index in [0.717, 1.165) is 24.0 Å². The summed E-state index contributed by atoms with van der Waals surface area (Å²) in [4.78, 5) is 28.5. The lowest BCUT2D eigenvalue weighted by molar-refractivity contribution is -0.361. The SMILES string of the molecule is C=C(C)[C@@H]1CC[C@@]2(C(=O)O[C@H]3O[C@@H](CO[C@H]4O[C@@H](CO)[C@H](O[C@H]5O[C@@H](C)[C@H](O)[C@@H](O)[C@@H]5O)[C@@H](O)[C@@H]4O)[C@H](O)[C@@H](O)[C@@H]3O)CC[C@]3(C)[C@@H](C[C@@H]4OC(=O)C[C@H](O)[C@@]5(C)[C@H](C(=C)C)CC[C@]3(C)[C@@H]45)[C@@H]12. The molecule has 19 heteroatoms. The van der Waals surface area contributed by atoms with Crippen molar-refractivity contribution in [2.75, 3.05) is 13.2 Å². The minimum absolute atomic E-state index is 0.0263. The lowest BCUT2D eigenvalue weighted by Crippen LogP contribution is -2.69. The summed E-state index contributed by atoms with van der Waals surface area (Å²) in [6, 6.07) is 0. The van der Waals surface area contributed by atoms with E-state index in [9.17, 15) is 55.9 Å². The highest BCUT2D eigenvalue weighted by Crippen LogP contribution is 2.77. The van der Waals surface area contributed by atoms with Gasteiger partial charge in [-0.15, -0.1) is 0 Å². The molecular formula is C48H74O19. The molecule has 8 fully saturated rings. The van der Waals surface area contributed by atoms with Crippen molar-refractivity contribution in [2.45, 2.75) is 197 Å². The van der Waals surface area contributed by atoms with Crippen molar-refractivity contribution in [3.63, 3.8) is 0 Å². The van der Waals surface area contributed by atoms with Crippen molar-refractivity contribution < 1.29 is 93.8 Å². The normalized spacial score (nSPS) is 54.1. The molecule has 380 valence electrons. The average Bonchev–Trinajstić information content (AvgIpc) is 3.64. The largest absolute Gasteiger partial charge is 0.462 e. The minimum atomic E-state index is -1.89. The molecule has 0 aromatic rings. The zero-order valence-electron chi connectivity index (χ0n) is 39.3. The molecule has 0 spiro atoms. The number of carbonyl (C=O) groups excluding carboxylic acids is 2. The van der Waals surface area contributed by atoms with Gasteiger partial charge in [0.25, 0.3) is 0 Å². The first-order valence-electron chi connectivity index (χ1n) is 24.1. The van der Waals surface area contributed by atoms with Gasteiger partial charge in [0, 0.05) is 11.3 Å². The zero-order valence-corrected chi connectivity index (χ0v) is 39.3. The Bertz CT molecular complexity index is 1880. The molecule has 0 amide bonds. The predicted molar refractivity (Wildman–Crippen MR) is 230 cm³/mol. The second kappa shape index (κ2) is 18.5. The minimum Gasteiger partial charge on any atom is -0.462 e. The highest BCUT2D eigenvalue weighted by Gasteiger charge is 2.75. The van der Waals surface area contributed by atoms with E-state index >= 15 is 4.79 Å². The standard InChI is InChI=1S/C48H74O19/c1-19(2)22-9-12-48(14-13-45(6)24(30(22)48)15-25-40-46(45,7)11-10-23(20(3)4)47(40,8)28(50)16-29(51)63-25)44(60)67-43-37(58)34(55)32(53)27(65-43)18-61-41-38(59)35(56)39(26(17-49)64-41)66-42-36(57)33(54)31(52)21(5)62-42/h21-28,30-43,49-50,52-59H,1,3,9-18H2,2,4-8H3/t21-,22-,23-,24-,25-,26-,27-,28-,30+,31-,32-,33+,34+,35-,36-,37-,38-,39-,40+,41-,42+,43+,45+,46+,47+,48+/m0/s1. The van der Waals surface area contributed by atoms with Crippen LogP contribution in [-0.2, 0) is 42.7 Å². The fourth-order valence-electron chi connectivity index (χ4n) is 15.0. The Morgan fingerprint density at radius 3 is 2.03 bits per heavy atom. The second-order valence-electron chi connectivity index (χ2n) is 22.1. The molecule has 67 heavy (non-hydrogen) atoms. The number of allylic oxidation sites excluding steroid dienone is 2. The Hall–Kier alpha value is -2.18. The van der Waals surface area contributed by atoms with Crippen LogP contribution in [0.4, 0.5) is 0 Å². The molecule has 4 heterocycles. The van der Waals surface area contributed by atoms with Crippen LogP contribution < -0.4 is 0 Å².